The molecular formula is C23H27N3O4S. The summed E-state index contributed by atoms with van der Waals surface area (Å²) in [5, 5.41) is 12.0. The fourth-order valence-electron chi connectivity index (χ4n) is 3.51. The first-order valence-electron chi connectivity index (χ1n) is 10.3. The molecule has 3 rings (SSSR count). The lowest BCUT2D eigenvalue weighted by Gasteiger charge is -2.19. The van der Waals surface area contributed by atoms with Gasteiger partial charge < -0.3 is 5.11 Å². The highest BCUT2D eigenvalue weighted by Gasteiger charge is 2.23. The Balaban J connectivity index is 2.28. The summed E-state index contributed by atoms with van der Waals surface area (Å²) in [5.74, 6) is -0.277. The lowest BCUT2D eigenvalue weighted by atomic mass is 10.1. The predicted molar refractivity (Wildman–Crippen MR) is 124 cm³/mol. The molecule has 7 nitrogen and oxygen atoms in total. The van der Waals surface area contributed by atoms with Crippen LogP contribution in [0.3, 0.4) is 0 Å². The Hall–Kier alpha value is -2.97. The monoisotopic (exact) mass is 441 g/mol. The number of aliphatic imine (C=N–C) groups is 1. The standard InChI is InChI=1S/C23H27N3O4S/c1-4-14-24-16-21-19-12-7-8-13-20(19)22(27)26(23(21)28)17-10-9-11-18(15-17)31(29,30)25(5-2)6-3/h7-13,15-16,28H,4-6,14H2,1-3H3. The Morgan fingerprint density at radius 2 is 1.71 bits per heavy atom. The van der Waals surface area contributed by atoms with E-state index in [2.05, 4.69) is 4.99 Å². The van der Waals surface area contributed by atoms with Crippen molar-refractivity contribution in [3.63, 3.8) is 0 Å². The molecule has 0 aliphatic rings. The smallest absolute Gasteiger partial charge is 0.265 e. The SMILES string of the molecule is CCCN=Cc1c(O)n(-c2cccc(S(=O)(=O)N(CC)CC)c2)c(=O)c2ccccc12. The van der Waals surface area contributed by atoms with Crippen molar-refractivity contribution in [1.29, 1.82) is 0 Å². The molecule has 0 spiro atoms. The number of fused-ring (bicyclic) bond motifs is 1. The van der Waals surface area contributed by atoms with E-state index < -0.39 is 15.6 Å². The zero-order chi connectivity index (χ0) is 22.6. The van der Waals surface area contributed by atoms with E-state index >= 15 is 0 Å². The van der Waals surface area contributed by atoms with Crippen LogP contribution >= 0.6 is 0 Å². The number of aromatic nitrogens is 1. The molecule has 31 heavy (non-hydrogen) atoms. The van der Waals surface area contributed by atoms with Crippen LogP contribution in [0.25, 0.3) is 16.5 Å². The van der Waals surface area contributed by atoms with Gasteiger partial charge in [0.25, 0.3) is 5.56 Å². The van der Waals surface area contributed by atoms with E-state index in [0.29, 0.717) is 36.0 Å². The van der Waals surface area contributed by atoms with Gasteiger partial charge in [0.05, 0.1) is 16.1 Å². The predicted octanol–water partition coefficient (Wildman–Crippen LogP) is 3.56. The molecule has 0 aliphatic heterocycles. The van der Waals surface area contributed by atoms with E-state index in [1.165, 1.54) is 16.4 Å². The van der Waals surface area contributed by atoms with E-state index in [0.717, 1.165) is 11.0 Å². The molecule has 1 aromatic heterocycles. The van der Waals surface area contributed by atoms with Crippen molar-refractivity contribution in [3.8, 4) is 11.6 Å². The summed E-state index contributed by atoms with van der Waals surface area (Å²) in [6.45, 7) is 6.80. The van der Waals surface area contributed by atoms with Gasteiger partial charge in [0.1, 0.15) is 0 Å². The van der Waals surface area contributed by atoms with E-state index in [4.69, 9.17) is 0 Å². The second-order valence-electron chi connectivity index (χ2n) is 7.05. The number of hydrogen-bond donors (Lipinski definition) is 1. The Labute approximate surface area is 182 Å². The quantitative estimate of drug-likeness (QED) is 0.541. The van der Waals surface area contributed by atoms with Crippen molar-refractivity contribution in [2.45, 2.75) is 32.1 Å². The highest BCUT2D eigenvalue weighted by Crippen LogP contribution is 2.27. The number of aromatic hydroxyl groups is 1. The molecule has 0 bridgehead atoms. The van der Waals surface area contributed by atoms with Crippen molar-refractivity contribution < 1.29 is 13.5 Å². The minimum absolute atomic E-state index is 0.0642. The van der Waals surface area contributed by atoms with Gasteiger partial charge in [0, 0.05) is 36.6 Å². The van der Waals surface area contributed by atoms with Gasteiger partial charge >= 0.3 is 0 Å². The Morgan fingerprint density at radius 1 is 1.03 bits per heavy atom. The lowest BCUT2D eigenvalue weighted by Crippen LogP contribution is -2.30. The number of rotatable bonds is 8. The molecule has 8 heteroatoms. The highest BCUT2D eigenvalue weighted by molar-refractivity contribution is 7.89. The van der Waals surface area contributed by atoms with Gasteiger partial charge in [-0.2, -0.15) is 4.31 Å². The molecule has 0 fully saturated rings. The summed E-state index contributed by atoms with van der Waals surface area (Å²) in [4.78, 5) is 17.6. The highest BCUT2D eigenvalue weighted by atomic mass is 32.2. The minimum Gasteiger partial charge on any atom is -0.494 e. The molecule has 0 unspecified atom stereocenters. The number of nitrogens with zero attached hydrogens (tertiary/aromatic N) is 3. The van der Waals surface area contributed by atoms with Gasteiger partial charge in [-0.05, 0) is 30.7 Å². The minimum atomic E-state index is -3.72. The molecule has 3 aromatic rings. The second kappa shape index (κ2) is 9.45. The van der Waals surface area contributed by atoms with Crippen molar-refractivity contribution >= 4 is 27.0 Å². The summed E-state index contributed by atoms with van der Waals surface area (Å²) in [6, 6.07) is 13.1. The molecule has 1 N–H and O–H groups in total. The summed E-state index contributed by atoms with van der Waals surface area (Å²) in [5.41, 5.74) is 0.255. The van der Waals surface area contributed by atoms with E-state index in [9.17, 15) is 18.3 Å². The maximum absolute atomic E-state index is 13.2. The number of benzene rings is 2. The molecule has 2 aromatic carbocycles. The van der Waals surface area contributed by atoms with Crippen molar-refractivity contribution in [2.24, 2.45) is 4.99 Å². The van der Waals surface area contributed by atoms with Crippen molar-refractivity contribution in [1.82, 2.24) is 8.87 Å². The van der Waals surface area contributed by atoms with Crippen molar-refractivity contribution in [3.05, 3.63) is 64.4 Å². The van der Waals surface area contributed by atoms with Gasteiger partial charge in [0.2, 0.25) is 15.9 Å². The van der Waals surface area contributed by atoms with E-state index in [1.807, 2.05) is 6.92 Å². The van der Waals surface area contributed by atoms with Gasteiger partial charge in [-0.15, -0.1) is 0 Å². The molecule has 0 saturated heterocycles. The number of sulfonamides is 1. The first-order valence-corrected chi connectivity index (χ1v) is 11.8. The zero-order valence-corrected chi connectivity index (χ0v) is 18.8. The normalized spacial score (nSPS) is 12.3. The van der Waals surface area contributed by atoms with E-state index in [1.54, 1.807) is 56.5 Å². The molecule has 0 atom stereocenters. The van der Waals surface area contributed by atoms with Crippen molar-refractivity contribution in [2.75, 3.05) is 19.6 Å². The maximum Gasteiger partial charge on any atom is 0.265 e. The Bertz CT molecular complexity index is 1280. The first kappa shape index (κ1) is 22.7. The number of pyridine rings is 1. The third kappa shape index (κ3) is 4.26. The van der Waals surface area contributed by atoms with Crippen LogP contribution in [-0.2, 0) is 10.0 Å². The first-order chi connectivity index (χ1) is 14.9. The van der Waals surface area contributed by atoms with Crippen LogP contribution in [0, 0.1) is 0 Å². The van der Waals surface area contributed by atoms with E-state index in [-0.39, 0.29) is 16.5 Å². The van der Waals surface area contributed by atoms with Crippen LogP contribution in [-0.4, -0.2) is 48.2 Å². The van der Waals surface area contributed by atoms with Gasteiger partial charge in [-0.3, -0.25) is 9.79 Å². The molecule has 1 heterocycles. The molecule has 0 aliphatic carbocycles. The summed E-state index contributed by atoms with van der Waals surface area (Å²) in [7, 11) is -3.72. The van der Waals surface area contributed by atoms with Crippen LogP contribution in [0.5, 0.6) is 5.88 Å². The van der Waals surface area contributed by atoms with Crippen LogP contribution in [0.2, 0.25) is 0 Å². The molecule has 0 radical (unpaired) electrons. The zero-order valence-electron chi connectivity index (χ0n) is 17.9. The lowest BCUT2D eigenvalue weighted by molar-refractivity contribution is 0.435. The average Bonchev–Trinajstić information content (AvgIpc) is 2.77. The largest absolute Gasteiger partial charge is 0.494 e. The number of hydrogen-bond acceptors (Lipinski definition) is 5. The third-order valence-electron chi connectivity index (χ3n) is 5.10. The summed E-state index contributed by atoms with van der Waals surface area (Å²) in [6.07, 6.45) is 2.41. The second-order valence-corrected chi connectivity index (χ2v) is 8.98. The summed E-state index contributed by atoms with van der Waals surface area (Å²) < 4.78 is 28.4. The van der Waals surface area contributed by atoms with Crippen LogP contribution in [0.1, 0.15) is 32.8 Å². The Morgan fingerprint density at radius 3 is 2.35 bits per heavy atom. The Kier molecular flexibility index (Phi) is 6.92. The molecule has 0 amide bonds. The van der Waals surface area contributed by atoms with Crippen LogP contribution in [0.4, 0.5) is 0 Å². The third-order valence-corrected chi connectivity index (χ3v) is 7.14. The van der Waals surface area contributed by atoms with Gasteiger partial charge in [0.15, 0.2) is 0 Å². The molecule has 0 saturated carbocycles. The molecule has 164 valence electrons. The van der Waals surface area contributed by atoms with Gasteiger partial charge in [-0.1, -0.05) is 45.0 Å². The topological polar surface area (TPSA) is 92.0 Å². The maximum atomic E-state index is 13.2. The van der Waals surface area contributed by atoms with Gasteiger partial charge in [-0.25, -0.2) is 13.0 Å². The fourth-order valence-corrected chi connectivity index (χ4v) is 5.01. The summed E-state index contributed by atoms with van der Waals surface area (Å²) >= 11 is 0. The molecular weight excluding hydrogens is 414 g/mol. The fraction of sp³-hybridized carbons (Fsp3) is 0.304. The van der Waals surface area contributed by atoms with Crippen LogP contribution < -0.4 is 5.56 Å². The van der Waals surface area contributed by atoms with Crippen LogP contribution in [0.15, 0.2) is 63.2 Å². The average molecular weight is 442 g/mol.